The van der Waals surface area contributed by atoms with Gasteiger partial charge in [-0.05, 0) is 24.3 Å². The molecule has 2 nitrogen and oxygen atoms in total. The number of hydrogen-bond acceptors (Lipinski definition) is 2. The summed E-state index contributed by atoms with van der Waals surface area (Å²) in [5, 5.41) is 0. The molecule has 0 saturated heterocycles. The lowest BCUT2D eigenvalue weighted by Crippen LogP contribution is -2.19. The van der Waals surface area contributed by atoms with Crippen LogP contribution in [0.4, 0.5) is 0 Å². The maximum absolute atomic E-state index is 4.56. The molecule has 0 aromatic heterocycles. The summed E-state index contributed by atoms with van der Waals surface area (Å²) >= 11 is 0. The highest BCUT2D eigenvalue weighted by Crippen LogP contribution is 2.33. The van der Waals surface area contributed by atoms with E-state index in [0.717, 1.165) is 12.6 Å². The Kier molecular flexibility index (Phi) is 15.8. The lowest BCUT2D eigenvalue weighted by atomic mass is 9.82. The van der Waals surface area contributed by atoms with Crippen molar-refractivity contribution in [2.45, 2.75) is 129 Å². The number of rotatable bonds is 21. The molecule has 1 aromatic carbocycles. The fraction of sp³-hybridized carbons (Fsp3) is 0.710. The Labute approximate surface area is 205 Å². The van der Waals surface area contributed by atoms with Crippen LogP contribution in [0.15, 0.2) is 40.3 Å². The Bertz CT molecular complexity index is 609. The van der Waals surface area contributed by atoms with E-state index in [1.165, 1.54) is 115 Å². The van der Waals surface area contributed by atoms with E-state index in [2.05, 4.69) is 54.2 Å². The van der Waals surface area contributed by atoms with Crippen molar-refractivity contribution in [3.63, 3.8) is 0 Å². The Morgan fingerprint density at radius 2 is 1.09 bits per heavy atom. The first-order valence-electron chi connectivity index (χ1n) is 14.3. The van der Waals surface area contributed by atoms with E-state index in [-0.39, 0.29) is 0 Å². The van der Waals surface area contributed by atoms with Crippen molar-refractivity contribution in [1.82, 2.24) is 0 Å². The van der Waals surface area contributed by atoms with Gasteiger partial charge in [-0.2, -0.15) is 0 Å². The maximum Gasteiger partial charge on any atom is 0.244 e. The normalized spacial score (nSPS) is 14.8. The third-order valence-corrected chi connectivity index (χ3v) is 7.27. The predicted molar refractivity (Wildman–Crippen MR) is 147 cm³/mol. The Balaban J connectivity index is 1.47. The smallest absolute Gasteiger partial charge is 0.0965 e. The molecule has 0 spiro atoms. The summed E-state index contributed by atoms with van der Waals surface area (Å²) < 4.78 is 0. The second-order valence-corrected chi connectivity index (χ2v) is 10.3. The molecule has 33 heavy (non-hydrogen) atoms. The molecule has 0 aliphatic carbocycles. The summed E-state index contributed by atoms with van der Waals surface area (Å²) in [5.41, 5.74) is 1.42. The number of benzene rings is 1. The first kappa shape index (κ1) is 27.7. The molecule has 1 aliphatic heterocycles. The zero-order chi connectivity index (χ0) is 23.4. The van der Waals surface area contributed by atoms with Crippen molar-refractivity contribution < 1.29 is 0 Å². The van der Waals surface area contributed by atoms with Crippen molar-refractivity contribution in [3.8, 4) is 0 Å². The van der Waals surface area contributed by atoms with E-state index in [1.54, 1.807) is 0 Å². The van der Waals surface area contributed by atoms with Crippen LogP contribution in [0.3, 0.4) is 0 Å². The number of hydrogen-bond donors (Lipinski definition) is 0. The van der Waals surface area contributed by atoms with Crippen LogP contribution < -0.4 is 0 Å². The largest absolute Gasteiger partial charge is 0.244 e. The molecule has 0 saturated carbocycles. The summed E-state index contributed by atoms with van der Waals surface area (Å²) in [6.45, 7) is 4.67. The number of nitrogens with zero attached hydrogens (tertiary/aromatic N) is 2. The molecule has 2 atom stereocenters. The lowest BCUT2D eigenvalue weighted by Gasteiger charge is -2.22. The van der Waals surface area contributed by atoms with Gasteiger partial charge in [-0.25, -0.2) is 0 Å². The summed E-state index contributed by atoms with van der Waals surface area (Å²) in [4.78, 5) is 9.12. The fourth-order valence-electron chi connectivity index (χ4n) is 5.15. The average molecular weight is 452 g/mol. The van der Waals surface area contributed by atoms with Crippen LogP contribution in [-0.2, 0) is 6.42 Å². The van der Waals surface area contributed by atoms with E-state index >= 15 is 0 Å². The van der Waals surface area contributed by atoms with Crippen molar-refractivity contribution in [2.75, 3.05) is 0 Å². The first-order valence-corrected chi connectivity index (χ1v) is 14.3. The highest BCUT2D eigenvalue weighted by atomic mass is 15.0. The van der Waals surface area contributed by atoms with Gasteiger partial charge in [0.15, 0.2) is 12.4 Å². The van der Waals surface area contributed by atoms with Gasteiger partial charge in [0, 0.05) is 0 Å². The van der Waals surface area contributed by atoms with Crippen molar-refractivity contribution in [1.29, 1.82) is 0 Å². The summed E-state index contributed by atoms with van der Waals surface area (Å²) in [6.07, 6.45) is 29.9. The monoisotopic (exact) mass is 451 g/mol. The van der Waals surface area contributed by atoms with Crippen molar-refractivity contribution in [3.05, 3.63) is 42.1 Å². The quantitative estimate of drug-likeness (QED) is 0.131. The molecule has 2 rings (SSSR count). The van der Waals surface area contributed by atoms with Crippen LogP contribution >= 0.6 is 0 Å². The van der Waals surface area contributed by atoms with Crippen LogP contribution in [0.2, 0.25) is 0 Å². The molecule has 2 unspecified atom stereocenters. The van der Waals surface area contributed by atoms with Crippen LogP contribution in [0.25, 0.3) is 0 Å². The van der Waals surface area contributed by atoms with Crippen LogP contribution in [-0.4, -0.2) is 12.4 Å². The topological polar surface area (TPSA) is 24.7 Å². The summed E-state index contributed by atoms with van der Waals surface area (Å²) in [6, 6.07) is 10.9. The summed E-state index contributed by atoms with van der Waals surface area (Å²) in [5.74, 6) is 1.05. The third kappa shape index (κ3) is 13.0. The standard InChI is InChI=1S/C31H51N2/c1-3-4-5-6-7-8-9-10-11-12-13-14-15-16-17-21-24-30(31-32-25-26-33-31)28(2)27-29-22-19-18-20-23-29/h18-20,22-23,25-26,28,30H,3-17,21,24,27H2,1-2H3/q+1. The molecular formula is C31H51N2+. The minimum absolute atomic E-state index is 0.479. The van der Waals surface area contributed by atoms with Gasteiger partial charge in [0.1, 0.15) is 0 Å². The first-order chi connectivity index (χ1) is 16.3. The van der Waals surface area contributed by atoms with Gasteiger partial charge in [-0.15, -0.1) is 0 Å². The Hall–Kier alpha value is -1.57. The molecule has 0 bridgehead atoms. The number of aliphatic imine (C=N–C) groups is 2. The van der Waals surface area contributed by atoms with Gasteiger partial charge in [0.25, 0.3) is 0 Å². The van der Waals surface area contributed by atoms with Gasteiger partial charge in [0.05, 0.1) is 5.92 Å². The predicted octanol–water partition coefficient (Wildman–Crippen LogP) is 9.78. The molecular weight excluding hydrogens is 400 g/mol. The van der Waals surface area contributed by atoms with Gasteiger partial charge in [-0.3, -0.25) is 0 Å². The van der Waals surface area contributed by atoms with E-state index in [1.807, 2.05) is 12.4 Å². The van der Waals surface area contributed by atoms with E-state index in [0.29, 0.717) is 11.8 Å². The zero-order valence-corrected chi connectivity index (χ0v) is 21.8. The van der Waals surface area contributed by atoms with Gasteiger partial charge < -0.3 is 0 Å². The molecule has 184 valence electrons. The highest BCUT2D eigenvalue weighted by Gasteiger charge is 2.33. The minimum atomic E-state index is 0.479. The zero-order valence-electron chi connectivity index (χ0n) is 21.8. The second kappa shape index (κ2) is 18.8. The van der Waals surface area contributed by atoms with Crippen molar-refractivity contribution in [2.24, 2.45) is 21.8 Å². The molecule has 1 aromatic rings. The van der Waals surface area contributed by atoms with Crippen LogP contribution in [0.1, 0.15) is 129 Å². The SMILES string of the molecule is CCCCCCCCCCCCCCCCCCC([C+]1N=CC=N1)C(C)Cc1ccccc1. The van der Waals surface area contributed by atoms with Gasteiger partial charge in [0.2, 0.25) is 6.17 Å². The molecule has 0 amide bonds. The fourth-order valence-corrected chi connectivity index (χ4v) is 5.15. The van der Waals surface area contributed by atoms with E-state index in [4.69, 9.17) is 0 Å². The van der Waals surface area contributed by atoms with Crippen LogP contribution in [0, 0.1) is 18.0 Å². The maximum atomic E-state index is 4.56. The average Bonchev–Trinajstić information content (AvgIpc) is 3.36. The van der Waals surface area contributed by atoms with Gasteiger partial charge >= 0.3 is 0 Å². The van der Waals surface area contributed by atoms with E-state index < -0.39 is 0 Å². The second-order valence-electron chi connectivity index (χ2n) is 10.3. The van der Waals surface area contributed by atoms with Gasteiger partial charge in [-0.1, -0.05) is 157 Å². The molecule has 1 aliphatic rings. The molecule has 1 heterocycles. The highest BCUT2D eigenvalue weighted by molar-refractivity contribution is 6.18. The Morgan fingerprint density at radius 1 is 0.636 bits per heavy atom. The molecule has 0 fully saturated rings. The van der Waals surface area contributed by atoms with Crippen molar-refractivity contribution >= 4 is 12.4 Å². The lowest BCUT2D eigenvalue weighted by molar-refractivity contribution is 0.330. The summed E-state index contributed by atoms with van der Waals surface area (Å²) in [7, 11) is 0. The molecule has 2 heteroatoms. The Morgan fingerprint density at radius 3 is 1.58 bits per heavy atom. The molecule has 0 radical (unpaired) electrons. The minimum Gasteiger partial charge on any atom is -0.0965 e. The number of unbranched alkanes of at least 4 members (excludes halogenated alkanes) is 15. The van der Waals surface area contributed by atoms with Crippen LogP contribution in [0.5, 0.6) is 0 Å². The van der Waals surface area contributed by atoms with E-state index in [9.17, 15) is 0 Å². The molecule has 0 N–H and O–H groups in total. The third-order valence-electron chi connectivity index (χ3n) is 7.27.